The summed E-state index contributed by atoms with van der Waals surface area (Å²) in [7, 11) is 0. The monoisotopic (exact) mass is 158 g/mol. The molecule has 66 valence electrons. The standard InChI is InChI=1S/C9H18O2/c1-7(2)11-9-5-4-8(3)10-6-9/h7-9H,4-6H2,1-3H3/t8-,9+/m0/s1. The van der Waals surface area contributed by atoms with Crippen LogP contribution in [0.5, 0.6) is 0 Å². The van der Waals surface area contributed by atoms with Crippen LogP contribution in [0.25, 0.3) is 0 Å². The van der Waals surface area contributed by atoms with Crippen LogP contribution in [0.2, 0.25) is 0 Å². The fourth-order valence-corrected chi connectivity index (χ4v) is 1.35. The van der Waals surface area contributed by atoms with Crippen LogP contribution in [-0.4, -0.2) is 24.9 Å². The highest BCUT2D eigenvalue weighted by atomic mass is 16.5. The van der Waals surface area contributed by atoms with Crippen molar-refractivity contribution in [2.24, 2.45) is 0 Å². The van der Waals surface area contributed by atoms with Gasteiger partial charge >= 0.3 is 0 Å². The SMILES string of the molecule is CC(C)O[C@@H]1CC[C@H](C)OC1. The van der Waals surface area contributed by atoms with Crippen LogP contribution < -0.4 is 0 Å². The van der Waals surface area contributed by atoms with E-state index in [0.29, 0.717) is 18.3 Å². The number of hydrogen-bond donors (Lipinski definition) is 0. The largest absolute Gasteiger partial charge is 0.376 e. The van der Waals surface area contributed by atoms with Crippen molar-refractivity contribution in [1.82, 2.24) is 0 Å². The van der Waals surface area contributed by atoms with Crippen LogP contribution in [0.15, 0.2) is 0 Å². The maximum absolute atomic E-state index is 5.61. The number of rotatable bonds is 2. The van der Waals surface area contributed by atoms with Gasteiger partial charge in [-0.2, -0.15) is 0 Å². The highest BCUT2D eigenvalue weighted by Gasteiger charge is 2.19. The first-order chi connectivity index (χ1) is 5.18. The Morgan fingerprint density at radius 2 is 2.09 bits per heavy atom. The van der Waals surface area contributed by atoms with E-state index < -0.39 is 0 Å². The van der Waals surface area contributed by atoms with Crippen LogP contribution >= 0.6 is 0 Å². The molecule has 0 aromatic rings. The van der Waals surface area contributed by atoms with Crippen LogP contribution in [-0.2, 0) is 9.47 Å². The normalized spacial score (nSPS) is 32.7. The zero-order chi connectivity index (χ0) is 8.27. The summed E-state index contributed by atoms with van der Waals surface area (Å²) in [6.07, 6.45) is 3.39. The molecule has 2 heteroatoms. The zero-order valence-corrected chi connectivity index (χ0v) is 7.67. The van der Waals surface area contributed by atoms with Crippen molar-refractivity contribution in [3.05, 3.63) is 0 Å². The van der Waals surface area contributed by atoms with Gasteiger partial charge in [0.2, 0.25) is 0 Å². The van der Waals surface area contributed by atoms with Gasteiger partial charge in [0.1, 0.15) is 0 Å². The molecule has 1 aliphatic rings. The fraction of sp³-hybridized carbons (Fsp3) is 1.00. The van der Waals surface area contributed by atoms with E-state index in [2.05, 4.69) is 20.8 Å². The number of hydrogen-bond acceptors (Lipinski definition) is 2. The van der Waals surface area contributed by atoms with Gasteiger partial charge in [0, 0.05) is 0 Å². The lowest BCUT2D eigenvalue weighted by Crippen LogP contribution is -2.31. The molecule has 0 saturated carbocycles. The molecular weight excluding hydrogens is 140 g/mol. The maximum atomic E-state index is 5.61. The van der Waals surface area contributed by atoms with Crippen molar-refractivity contribution in [3.8, 4) is 0 Å². The third kappa shape index (κ3) is 3.21. The van der Waals surface area contributed by atoms with E-state index in [4.69, 9.17) is 9.47 Å². The molecule has 0 unspecified atom stereocenters. The first-order valence-corrected chi connectivity index (χ1v) is 4.45. The van der Waals surface area contributed by atoms with Crippen LogP contribution in [0.3, 0.4) is 0 Å². The summed E-state index contributed by atoms with van der Waals surface area (Å²) in [5.41, 5.74) is 0. The molecule has 0 aliphatic carbocycles. The molecule has 1 fully saturated rings. The lowest BCUT2D eigenvalue weighted by atomic mass is 10.1. The van der Waals surface area contributed by atoms with Gasteiger partial charge in [-0.25, -0.2) is 0 Å². The zero-order valence-electron chi connectivity index (χ0n) is 7.67. The summed E-state index contributed by atoms with van der Waals surface area (Å²) in [4.78, 5) is 0. The van der Waals surface area contributed by atoms with Gasteiger partial charge in [0.25, 0.3) is 0 Å². The van der Waals surface area contributed by atoms with E-state index in [-0.39, 0.29) is 0 Å². The molecule has 2 atom stereocenters. The van der Waals surface area contributed by atoms with E-state index in [1.165, 1.54) is 0 Å². The second-order valence-corrected chi connectivity index (χ2v) is 3.53. The molecule has 1 aliphatic heterocycles. The summed E-state index contributed by atoms with van der Waals surface area (Å²) in [6, 6.07) is 0. The average molecular weight is 158 g/mol. The first kappa shape index (κ1) is 9.01. The Morgan fingerprint density at radius 1 is 1.36 bits per heavy atom. The Balaban J connectivity index is 2.17. The quantitative estimate of drug-likeness (QED) is 0.611. The van der Waals surface area contributed by atoms with Crippen molar-refractivity contribution >= 4 is 0 Å². The molecule has 1 saturated heterocycles. The van der Waals surface area contributed by atoms with Gasteiger partial charge in [0.15, 0.2) is 0 Å². The molecule has 1 heterocycles. The topological polar surface area (TPSA) is 18.5 Å². The summed E-state index contributed by atoms with van der Waals surface area (Å²) in [6.45, 7) is 7.03. The predicted octanol–water partition coefficient (Wildman–Crippen LogP) is 1.98. The minimum absolute atomic E-state index is 0.331. The molecule has 0 bridgehead atoms. The summed E-state index contributed by atoms with van der Waals surface area (Å²) in [5.74, 6) is 0. The Kier molecular flexibility index (Phi) is 3.34. The second kappa shape index (κ2) is 4.07. The second-order valence-electron chi connectivity index (χ2n) is 3.53. The first-order valence-electron chi connectivity index (χ1n) is 4.45. The predicted molar refractivity (Wildman–Crippen MR) is 44.7 cm³/mol. The molecular formula is C9H18O2. The molecule has 0 aromatic carbocycles. The highest BCUT2D eigenvalue weighted by molar-refractivity contribution is 4.67. The van der Waals surface area contributed by atoms with E-state index >= 15 is 0 Å². The minimum atomic E-state index is 0.331. The van der Waals surface area contributed by atoms with E-state index in [1.807, 2.05) is 0 Å². The molecule has 11 heavy (non-hydrogen) atoms. The van der Waals surface area contributed by atoms with Crippen molar-refractivity contribution in [1.29, 1.82) is 0 Å². The minimum Gasteiger partial charge on any atom is -0.376 e. The van der Waals surface area contributed by atoms with Crippen molar-refractivity contribution in [2.75, 3.05) is 6.61 Å². The maximum Gasteiger partial charge on any atom is 0.0813 e. The molecule has 1 rings (SSSR count). The molecule has 2 nitrogen and oxygen atoms in total. The van der Waals surface area contributed by atoms with Crippen LogP contribution in [0.4, 0.5) is 0 Å². The lowest BCUT2D eigenvalue weighted by molar-refractivity contribution is -0.0972. The fourth-order valence-electron chi connectivity index (χ4n) is 1.35. The van der Waals surface area contributed by atoms with Gasteiger partial charge < -0.3 is 9.47 Å². The van der Waals surface area contributed by atoms with E-state index in [1.54, 1.807) is 0 Å². The molecule has 0 amide bonds. The van der Waals surface area contributed by atoms with Gasteiger partial charge in [-0.3, -0.25) is 0 Å². The van der Waals surface area contributed by atoms with E-state index in [9.17, 15) is 0 Å². The molecule has 0 radical (unpaired) electrons. The third-order valence-electron chi connectivity index (χ3n) is 1.93. The van der Waals surface area contributed by atoms with Crippen LogP contribution in [0.1, 0.15) is 33.6 Å². The Bertz CT molecular complexity index is 104. The van der Waals surface area contributed by atoms with Crippen molar-refractivity contribution in [2.45, 2.75) is 51.9 Å². The summed E-state index contributed by atoms with van der Waals surface area (Å²) >= 11 is 0. The van der Waals surface area contributed by atoms with Crippen molar-refractivity contribution in [3.63, 3.8) is 0 Å². The van der Waals surface area contributed by atoms with Crippen molar-refractivity contribution < 1.29 is 9.47 Å². The Hall–Kier alpha value is -0.0800. The Labute approximate surface area is 68.9 Å². The Morgan fingerprint density at radius 3 is 2.55 bits per heavy atom. The summed E-state index contributed by atoms with van der Waals surface area (Å²) in [5, 5.41) is 0. The highest BCUT2D eigenvalue weighted by Crippen LogP contribution is 2.16. The lowest BCUT2D eigenvalue weighted by Gasteiger charge is -2.28. The molecule has 0 aromatic heterocycles. The van der Waals surface area contributed by atoms with Gasteiger partial charge in [0.05, 0.1) is 24.9 Å². The molecule has 0 spiro atoms. The third-order valence-corrected chi connectivity index (χ3v) is 1.93. The number of ether oxygens (including phenoxy) is 2. The van der Waals surface area contributed by atoms with Gasteiger partial charge in [-0.1, -0.05) is 0 Å². The summed E-state index contributed by atoms with van der Waals surface area (Å²) < 4.78 is 11.1. The smallest absolute Gasteiger partial charge is 0.0813 e. The average Bonchev–Trinajstić information content (AvgIpc) is 1.93. The van der Waals surface area contributed by atoms with Gasteiger partial charge in [-0.05, 0) is 33.6 Å². The van der Waals surface area contributed by atoms with Gasteiger partial charge in [-0.15, -0.1) is 0 Å². The van der Waals surface area contributed by atoms with Crippen LogP contribution in [0, 0.1) is 0 Å². The molecule has 0 N–H and O–H groups in total. The van der Waals surface area contributed by atoms with E-state index in [0.717, 1.165) is 19.4 Å².